The third kappa shape index (κ3) is 11.5. The fraction of sp³-hybridized carbons (Fsp3) is 0.318. The molecule has 6 heterocycles. The number of halogens is 3. The number of rotatable bonds is 14. The van der Waals surface area contributed by atoms with E-state index in [1.165, 1.54) is 57.9 Å². The van der Waals surface area contributed by atoms with Gasteiger partial charge in [-0.15, -0.1) is 0 Å². The molecule has 0 aliphatic carbocycles. The van der Waals surface area contributed by atoms with Gasteiger partial charge in [-0.1, -0.05) is 0 Å². The van der Waals surface area contributed by atoms with Crippen LogP contribution in [0.2, 0.25) is 0 Å². The lowest BCUT2D eigenvalue weighted by Crippen LogP contribution is -2.28. The summed E-state index contributed by atoms with van der Waals surface area (Å²) in [6, 6.07) is 16.6. The minimum Gasteiger partial charge on any atom is -0.493 e. The van der Waals surface area contributed by atoms with E-state index in [0.29, 0.717) is 72.5 Å². The number of fused-ring (bicyclic) bond motifs is 2. The van der Waals surface area contributed by atoms with Crippen molar-refractivity contribution >= 4 is 49.8 Å². The van der Waals surface area contributed by atoms with Gasteiger partial charge in [0.05, 0.1) is 83.6 Å². The van der Waals surface area contributed by atoms with Crippen LogP contribution in [-0.2, 0) is 24.4 Å². The molecule has 6 aromatic rings. The fourth-order valence-electron chi connectivity index (χ4n) is 6.72. The number of nitrogens with two attached hydrogens (primary N) is 1. The summed E-state index contributed by atoms with van der Waals surface area (Å²) >= 11 is 0. The van der Waals surface area contributed by atoms with E-state index in [4.69, 9.17) is 43.9 Å². The molecule has 2 aliphatic heterocycles. The number of nitrogens with one attached hydrogen (secondary N) is 2. The van der Waals surface area contributed by atoms with Crippen molar-refractivity contribution in [2.45, 2.75) is 30.6 Å². The van der Waals surface area contributed by atoms with Crippen LogP contribution in [0.25, 0.3) is 44.3 Å². The smallest absolute Gasteiger partial charge is 0.493 e. The second-order valence-corrected chi connectivity index (χ2v) is 15.8. The molecule has 2 aliphatic rings. The Morgan fingerprint density at radius 1 is 0.735 bits per heavy atom. The zero-order valence-electron chi connectivity index (χ0n) is 37.3. The molecule has 4 N–H and O–H groups in total. The standard InChI is InChI=1S/C22H23N3O5.C18H15F3N2O6S.C4H8N2O2/c1-27-18-9-13(10-19(28-2)21(18)29-3)16-11-17-15(5-4-8-23-17)22(25-16)24-12-14-6-7-20(26)30-14;1-26-14-7-10(8-15(27-2)16(14)28-3)12-9-13-11(5-4-6-22-13)17(23-12)29-30(24,25)18(19,20)21;5-1-3-2-6-4(7)8-3/h4-5,8-11,14H,6-7,12H2,1-3H3,(H,24,25);4-9H,1-3H3;3H,1-2,5H2,(H,6,7)/t14-;;3-/m1.0/s1. The number of esters is 1. The van der Waals surface area contributed by atoms with Crippen LogP contribution in [0.4, 0.5) is 23.8 Å². The number of hydrogen-bond acceptors (Lipinski definition) is 19. The Balaban J connectivity index is 0.000000192. The summed E-state index contributed by atoms with van der Waals surface area (Å²) in [7, 11) is 2.97. The van der Waals surface area contributed by atoms with Crippen LogP contribution in [0.15, 0.2) is 73.1 Å². The Morgan fingerprint density at radius 2 is 1.25 bits per heavy atom. The van der Waals surface area contributed by atoms with Crippen molar-refractivity contribution in [1.29, 1.82) is 0 Å². The third-order valence-electron chi connectivity index (χ3n) is 10.0. The molecule has 1 amide bonds. The first kappa shape index (κ1) is 49.8. The van der Waals surface area contributed by atoms with Gasteiger partial charge in [0, 0.05) is 41.9 Å². The first-order valence-corrected chi connectivity index (χ1v) is 21.7. The van der Waals surface area contributed by atoms with Gasteiger partial charge in [-0.25, -0.2) is 14.8 Å². The van der Waals surface area contributed by atoms with E-state index in [1.54, 1.807) is 27.5 Å². The number of nitrogens with zero attached hydrogens (tertiary/aromatic N) is 4. The molecule has 0 saturated carbocycles. The number of cyclic esters (lactones) is 2. The number of benzene rings is 2. The number of aromatic nitrogens is 4. The van der Waals surface area contributed by atoms with E-state index < -0.39 is 21.5 Å². The largest absolute Gasteiger partial charge is 0.534 e. The lowest BCUT2D eigenvalue weighted by atomic mass is 10.1. The minimum atomic E-state index is -5.94. The fourth-order valence-corrected chi connectivity index (χ4v) is 7.15. The Morgan fingerprint density at radius 3 is 1.68 bits per heavy atom. The van der Waals surface area contributed by atoms with Crippen LogP contribution in [0, 0.1) is 0 Å². The number of carbonyl (C=O) groups is 2. The number of methoxy groups -OCH3 is 6. The summed E-state index contributed by atoms with van der Waals surface area (Å²) in [6.07, 6.45) is 3.66. The van der Waals surface area contributed by atoms with E-state index in [0.717, 1.165) is 16.5 Å². The van der Waals surface area contributed by atoms with Crippen molar-refractivity contribution in [3.8, 4) is 62.9 Å². The molecule has 0 radical (unpaired) electrons. The summed E-state index contributed by atoms with van der Waals surface area (Å²) in [4.78, 5) is 38.9. The highest BCUT2D eigenvalue weighted by molar-refractivity contribution is 7.88. The normalized spacial score (nSPS) is 15.4. The molecular formula is C44H46F3N7O13S. The predicted octanol–water partition coefficient (Wildman–Crippen LogP) is 6.04. The molecule has 2 atom stereocenters. The van der Waals surface area contributed by atoms with E-state index in [-0.39, 0.29) is 52.4 Å². The molecular weight excluding hydrogens is 924 g/mol. The number of hydrogen-bond donors (Lipinski definition) is 3. The molecule has 24 heteroatoms. The maximum absolute atomic E-state index is 12.8. The van der Waals surface area contributed by atoms with Crippen molar-refractivity contribution in [3.05, 3.63) is 73.1 Å². The Labute approximate surface area is 387 Å². The molecule has 68 heavy (non-hydrogen) atoms. The average Bonchev–Trinajstić information content (AvgIpc) is 3.98. The van der Waals surface area contributed by atoms with E-state index in [2.05, 4.69) is 34.5 Å². The number of carbonyl (C=O) groups excluding carboxylic acids is 2. The van der Waals surface area contributed by atoms with Crippen molar-refractivity contribution < 1.29 is 73.3 Å². The molecule has 0 unspecified atom stereocenters. The highest BCUT2D eigenvalue weighted by atomic mass is 32.2. The van der Waals surface area contributed by atoms with Crippen molar-refractivity contribution in [3.63, 3.8) is 0 Å². The second-order valence-electron chi connectivity index (χ2n) is 14.3. The summed E-state index contributed by atoms with van der Waals surface area (Å²) in [5, 5.41) is 6.68. The average molecular weight is 970 g/mol. The molecule has 20 nitrogen and oxygen atoms in total. The molecule has 4 aromatic heterocycles. The molecule has 2 aromatic carbocycles. The van der Waals surface area contributed by atoms with E-state index in [9.17, 15) is 31.2 Å². The Bertz CT molecular complexity index is 2840. The van der Waals surface area contributed by atoms with Gasteiger partial charge in [-0.3, -0.25) is 14.8 Å². The van der Waals surface area contributed by atoms with Gasteiger partial charge >= 0.3 is 27.7 Å². The van der Waals surface area contributed by atoms with Gasteiger partial charge in [-0.2, -0.15) is 21.6 Å². The maximum atomic E-state index is 12.8. The highest BCUT2D eigenvalue weighted by Crippen LogP contribution is 2.43. The van der Waals surface area contributed by atoms with Crippen LogP contribution in [-0.4, -0.2) is 120 Å². The van der Waals surface area contributed by atoms with Crippen molar-refractivity contribution in [1.82, 2.24) is 25.3 Å². The van der Waals surface area contributed by atoms with Crippen LogP contribution in [0.1, 0.15) is 12.8 Å². The van der Waals surface area contributed by atoms with Gasteiger partial charge in [0.1, 0.15) is 18.0 Å². The van der Waals surface area contributed by atoms with Gasteiger partial charge in [-0.05, 0) is 67.1 Å². The summed E-state index contributed by atoms with van der Waals surface area (Å²) in [5.74, 6) is 2.17. The number of ether oxygens (including phenoxy) is 8. The number of alkyl halides is 3. The maximum Gasteiger partial charge on any atom is 0.534 e. The summed E-state index contributed by atoms with van der Waals surface area (Å²) in [5.41, 5.74) is 2.44. The Kier molecular flexibility index (Phi) is 16.0. The molecule has 8 rings (SSSR count). The lowest BCUT2D eigenvalue weighted by molar-refractivity contribution is -0.140. The predicted molar refractivity (Wildman–Crippen MR) is 240 cm³/mol. The number of amides is 1. The van der Waals surface area contributed by atoms with Crippen LogP contribution in [0.3, 0.4) is 0 Å². The quantitative estimate of drug-likeness (QED) is 0.0638. The van der Waals surface area contributed by atoms with Crippen molar-refractivity contribution in [2.24, 2.45) is 5.73 Å². The van der Waals surface area contributed by atoms with Gasteiger partial charge in [0.25, 0.3) is 0 Å². The summed E-state index contributed by atoms with van der Waals surface area (Å²) in [6.45, 7) is 1.44. The molecule has 2 saturated heterocycles. The van der Waals surface area contributed by atoms with Gasteiger partial charge in [0.2, 0.25) is 17.4 Å². The van der Waals surface area contributed by atoms with Crippen LogP contribution >= 0.6 is 0 Å². The topological polar surface area (TPSA) is 253 Å². The SMILES string of the molecule is COc1cc(-c2cc3ncccc3c(NC[C@H]3CCC(=O)O3)n2)cc(OC)c1OC.COc1cc(-c2cc3ncccc3c(OS(=O)(=O)C(F)(F)F)n2)cc(OC)c1OC.NC[C@H]1CNC(=O)O1. The zero-order chi connectivity index (χ0) is 49.2. The summed E-state index contributed by atoms with van der Waals surface area (Å²) < 4.78 is 108. The number of pyridine rings is 4. The number of anilines is 1. The van der Waals surface area contributed by atoms with E-state index in [1.807, 2.05) is 30.3 Å². The highest BCUT2D eigenvalue weighted by Gasteiger charge is 2.49. The third-order valence-corrected chi connectivity index (χ3v) is 11.0. The first-order chi connectivity index (χ1) is 32.6. The minimum absolute atomic E-state index is 0.0125. The van der Waals surface area contributed by atoms with E-state index >= 15 is 0 Å². The molecule has 2 fully saturated rings. The van der Waals surface area contributed by atoms with Crippen LogP contribution in [0.5, 0.6) is 40.4 Å². The van der Waals surface area contributed by atoms with Gasteiger partial charge in [0.15, 0.2) is 23.0 Å². The molecule has 0 bridgehead atoms. The zero-order valence-corrected chi connectivity index (χ0v) is 38.2. The molecule has 362 valence electrons. The second kappa shape index (κ2) is 21.8. The van der Waals surface area contributed by atoms with Gasteiger partial charge < -0.3 is 58.4 Å². The number of alkyl carbamates (subject to hydrolysis) is 1. The van der Waals surface area contributed by atoms with Crippen LogP contribution < -0.4 is 49.0 Å². The lowest BCUT2D eigenvalue weighted by Gasteiger charge is -2.16. The van der Waals surface area contributed by atoms with Crippen molar-refractivity contribution in [2.75, 3.05) is 67.6 Å². The monoisotopic (exact) mass is 969 g/mol. The Hall–Kier alpha value is -7.60. The first-order valence-electron chi connectivity index (χ1n) is 20.3. The molecule has 0 spiro atoms.